The predicted molar refractivity (Wildman–Crippen MR) is 56.9 cm³/mol. The van der Waals surface area contributed by atoms with E-state index in [4.69, 9.17) is 16.3 Å². The summed E-state index contributed by atoms with van der Waals surface area (Å²) in [5.74, 6) is -0.590. The molecule has 0 aliphatic rings. The van der Waals surface area contributed by atoms with Gasteiger partial charge < -0.3 is 4.74 Å². The second-order valence-electron chi connectivity index (χ2n) is 3.02. The van der Waals surface area contributed by atoms with E-state index < -0.39 is 5.82 Å². The molecule has 15 heavy (non-hydrogen) atoms. The first-order valence-corrected chi connectivity index (χ1v) is 4.75. The number of hydrogen-bond donors (Lipinski definition) is 0. The van der Waals surface area contributed by atoms with Gasteiger partial charge in [-0.3, -0.25) is 4.79 Å². The number of ether oxygens (including phenoxy) is 1. The number of halogens is 2. The van der Waals surface area contributed by atoms with Crippen molar-refractivity contribution < 1.29 is 13.9 Å². The molecule has 4 heteroatoms. The molecule has 0 saturated carbocycles. The van der Waals surface area contributed by atoms with Gasteiger partial charge in [0, 0.05) is 5.54 Å². The van der Waals surface area contributed by atoms with Gasteiger partial charge in [-0.25, -0.2) is 4.39 Å². The molecule has 80 valence electrons. The third-order valence-corrected chi connectivity index (χ3v) is 2.13. The summed E-state index contributed by atoms with van der Waals surface area (Å²) in [6, 6.07) is 4.18. The third-order valence-electron chi connectivity index (χ3n) is 1.75. The number of para-hydroxylation sites is 1. The van der Waals surface area contributed by atoms with Crippen LogP contribution in [0.25, 0.3) is 0 Å². The number of rotatable bonds is 4. The molecule has 0 aliphatic heterocycles. The quantitative estimate of drug-likeness (QED) is 0.740. The Kier molecular flexibility index (Phi) is 4.31. The highest BCUT2D eigenvalue weighted by atomic mass is 35.5. The zero-order valence-electron chi connectivity index (χ0n) is 8.17. The van der Waals surface area contributed by atoms with Crippen LogP contribution in [0.2, 0.25) is 0 Å². The smallest absolute Gasteiger partial charge is 0.165 e. The van der Waals surface area contributed by atoms with Crippen LogP contribution in [0, 0.1) is 5.82 Å². The van der Waals surface area contributed by atoms with Gasteiger partial charge in [0.2, 0.25) is 0 Å². The molecule has 0 heterocycles. The molecule has 0 aromatic heterocycles. The molecule has 0 N–H and O–H groups in total. The van der Waals surface area contributed by atoms with E-state index in [0.717, 1.165) is 5.57 Å². The highest BCUT2D eigenvalue weighted by Gasteiger charge is 2.08. The summed E-state index contributed by atoms with van der Waals surface area (Å²) in [7, 11) is 0. The van der Waals surface area contributed by atoms with Gasteiger partial charge in [-0.15, -0.1) is 0 Å². The van der Waals surface area contributed by atoms with Crippen molar-refractivity contribution in [3.63, 3.8) is 0 Å². The fourth-order valence-corrected chi connectivity index (χ4v) is 1.05. The number of carbonyl (C=O) groups excluding carboxylic acids is 1. The summed E-state index contributed by atoms with van der Waals surface area (Å²) in [5, 5.41) is 0. The predicted octanol–water partition coefficient (Wildman–Crippen LogP) is 3.16. The first-order valence-electron chi connectivity index (χ1n) is 4.31. The van der Waals surface area contributed by atoms with Crippen molar-refractivity contribution in [3.05, 3.63) is 40.7 Å². The van der Waals surface area contributed by atoms with Crippen LogP contribution in [-0.2, 0) is 0 Å². The molecule has 1 aromatic carbocycles. The molecule has 0 fully saturated rings. The molecule has 0 saturated heterocycles. The van der Waals surface area contributed by atoms with Crippen LogP contribution in [0.1, 0.15) is 17.3 Å². The van der Waals surface area contributed by atoms with E-state index in [-0.39, 0.29) is 17.9 Å². The summed E-state index contributed by atoms with van der Waals surface area (Å²) in [6.45, 7) is 1.90. The molecule has 2 nitrogen and oxygen atoms in total. The van der Waals surface area contributed by atoms with Crippen LogP contribution in [0.5, 0.6) is 5.75 Å². The van der Waals surface area contributed by atoms with Crippen molar-refractivity contribution in [2.75, 3.05) is 6.61 Å². The minimum atomic E-state index is -0.554. The average Bonchev–Trinajstić information content (AvgIpc) is 2.26. The van der Waals surface area contributed by atoms with Crippen molar-refractivity contribution in [1.29, 1.82) is 0 Å². The van der Waals surface area contributed by atoms with Crippen molar-refractivity contribution >= 4 is 17.9 Å². The van der Waals surface area contributed by atoms with Gasteiger partial charge in [-0.05, 0) is 24.6 Å². The lowest BCUT2D eigenvalue weighted by Gasteiger charge is -2.08. The summed E-state index contributed by atoms with van der Waals surface area (Å²) < 4.78 is 18.4. The fourth-order valence-electron chi connectivity index (χ4n) is 0.988. The van der Waals surface area contributed by atoms with Gasteiger partial charge in [-0.1, -0.05) is 17.7 Å². The van der Waals surface area contributed by atoms with Crippen LogP contribution < -0.4 is 4.74 Å². The molecule has 1 aromatic rings. The normalized spacial score (nSPS) is 11.3. The minimum absolute atomic E-state index is 0.0367. The van der Waals surface area contributed by atoms with Crippen molar-refractivity contribution in [1.82, 2.24) is 0 Å². The Morgan fingerprint density at radius 1 is 1.60 bits per heavy atom. The maximum atomic E-state index is 13.3. The summed E-state index contributed by atoms with van der Waals surface area (Å²) in [5.41, 5.74) is 2.29. The van der Waals surface area contributed by atoms with Crippen LogP contribution >= 0.6 is 11.6 Å². The largest absolute Gasteiger partial charge is 0.485 e. The molecular formula is C11H10ClFO2. The Bertz CT molecular complexity index is 388. The standard InChI is InChI=1S/C11H10ClFO2/c1-8(5-12)7-15-11-9(6-14)3-2-4-10(11)13/h2-6H,7H2,1H3/b8-5-. The molecule has 0 atom stereocenters. The Balaban J connectivity index is 2.88. The Morgan fingerprint density at radius 2 is 2.33 bits per heavy atom. The van der Waals surface area contributed by atoms with Crippen molar-refractivity contribution in [3.8, 4) is 5.75 Å². The lowest BCUT2D eigenvalue weighted by Crippen LogP contribution is -2.02. The van der Waals surface area contributed by atoms with Gasteiger partial charge in [-0.2, -0.15) is 0 Å². The van der Waals surface area contributed by atoms with Crippen LogP contribution in [-0.4, -0.2) is 12.9 Å². The highest BCUT2D eigenvalue weighted by molar-refractivity contribution is 6.25. The molecule has 0 amide bonds. The third kappa shape index (κ3) is 3.06. The fraction of sp³-hybridized carbons (Fsp3) is 0.182. The van der Waals surface area contributed by atoms with Gasteiger partial charge in [0.15, 0.2) is 17.9 Å². The lowest BCUT2D eigenvalue weighted by molar-refractivity contribution is 0.111. The maximum absolute atomic E-state index is 13.3. The number of hydrogen-bond acceptors (Lipinski definition) is 2. The average molecular weight is 229 g/mol. The van der Waals surface area contributed by atoms with Crippen molar-refractivity contribution in [2.24, 2.45) is 0 Å². The molecule has 0 aliphatic carbocycles. The monoisotopic (exact) mass is 228 g/mol. The Morgan fingerprint density at radius 3 is 2.93 bits per heavy atom. The molecule has 0 unspecified atom stereocenters. The topological polar surface area (TPSA) is 26.3 Å². The van der Waals surface area contributed by atoms with E-state index in [9.17, 15) is 9.18 Å². The lowest BCUT2D eigenvalue weighted by atomic mass is 10.2. The molecule has 0 radical (unpaired) electrons. The number of benzene rings is 1. The molecule has 0 bridgehead atoms. The van der Waals surface area contributed by atoms with E-state index in [1.54, 1.807) is 6.92 Å². The Labute approximate surface area is 92.3 Å². The number of aldehydes is 1. The first kappa shape index (κ1) is 11.7. The SMILES string of the molecule is C/C(=C/Cl)COc1c(F)cccc1C=O. The highest BCUT2D eigenvalue weighted by Crippen LogP contribution is 2.21. The van der Waals surface area contributed by atoms with E-state index in [2.05, 4.69) is 0 Å². The second-order valence-corrected chi connectivity index (χ2v) is 3.24. The molecule has 1 rings (SSSR count). The molecular weight excluding hydrogens is 219 g/mol. The summed E-state index contributed by atoms with van der Waals surface area (Å²) in [6.07, 6.45) is 0.554. The van der Waals surface area contributed by atoms with E-state index in [1.165, 1.54) is 23.7 Å². The Hall–Kier alpha value is -1.35. The van der Waals surface area contributed by atoms with Gasteiger partial charge >= 0.3 is 0 Å². The van der Waals surface area contributed by atoms with Gasteiger partial charge in [0.25, 0.3) is 0 Å². The summed E-state index contributed by atoms with van der Waals surface area (Å²) in [4.78, 5) is 10.6. The van der Waals surface area contributed by atoms with E-state index >= 15 is 0 Å². The molecule has 0 spiro atoms. The second kappa shape index (κ2) is 5.51. The van der Waals surface area contributed by atoms with Crippen LogP contribution in [0.4, 0.5) is 4.39 Å². The maximum Gasteiger partial charge on any atom is 0.165 e. The van der Waals surface area contributed by atoms with Crippen molar-refractivity contribution in [2.45, 2.75) is 6.92 Å². The minimum Gasteiger partial charge on any atom is -0.485 e. The van der Waals surface area contributed by atoms with Gasteiger partial charge in [0.05, 0.1) is 5.56 Å². The zero-order chi connectivity index (χ0) is 11.3. The van der Waals surface area contributed by atoms with Gasteiger partial charge in [0.1, 0.15) is 6.61 Å². The van der Waals surface area contributed by atoms with E-state index in [1.807, 2.05) is 0 Å². The zero-order valence-corrected chi connectivity index (χ0v) is 8.92. The van der Waals surface area contributed by atoms with Crippen LogP contribution in [0.15, 0.2) is 29.3 Å². The van der Waals surface area contributed by atoms with E-state index in [0.29, 0.717) is 6.29 Å². The first-order chi connectivity index (χ1) is 7.19. The number of carbonyl (C=O) groups is 1. The summed E-state index contributed by atoms with van der Waals surface area (Å²) >= 11 is 5.43. The van der Waals surface area contributed by atoms with Crippen LogP contribution in [0.3, 0.4) is 0 Å².